The van der Waals surface area contributed by atoms with Gasteiger partial charge in [0.1, 0.15) is 16.6 Å². The largest absolute Gasteiger partial charge is 0.367 e. The molecule has 1 aliphatic rings. The molecule has 1 saturated heterocycles. The summed E-state index contributed by atoms with van der Waals surface area (Å²) in [5.74, 6) is 0.0201. The van der Waals surface area contributed by atoms with Crippen LogP contribution in [0.25, 0.3) is 0 Å². The number of hydrogen-bond donors (Lipinski definition) is 1. The molecule has 0 aromatic carbocycles. The molecule has 0 radical (unpaired) electrons. The lowest BCUT2D eigenvalue weighted by molar-refractivity contribution is 0.566. The van der Waals surface area contributed by atoms with E-state index in [9.17, 15) is 9.18 Å². The molecule has 3 heterocycles. The molecule has 8 heteroatoms. The smallest absolute Gasteiger partial charge is 0.248 e. The van der Waals surface area contributed by atoms with E-state index < -0.39 is 5.95 Å². The summed E-state index contributed by atoms with van der Waals surface area (Å²) in [7, 11) is 0. The fourth-order valence-corrected chi connectivity index (χ4v) is 2.79. The molecule has 110 valence electrons. The van der Waals surface area contributed by atoms with E-state index in [1.54, 1.807) is 12.3 Å². The Morgan fingerprint density at radius 2 is 1.86 bits per heavy atom. The second-order valence-corrected chi connectivity index (χ2v) is 5.48. The Labute approximate surface area is 128 Å². The van der Waals surface area contributed by atoms with Crippen LogP contribution in [0.3, 0.4) is 0 Å². The monoisotopic (exact) mass is 353 g/mol. The molecule has 6 nitrogen and oxygen atoms in total. The summed E-state index contributed by atoms with van der Waals surface area (Å²) in [6.07, 6.45) is 2.93. The minimum Gasteiger partial charge on any atom is -0.367 e. The zero-order valence-corrected chi connectivity index (χ0v) is 12.7. The van der Waals surface area contributed by atoms with Gasteiger partial charge in [-0.2, -0.15) is 4.39 Å². The lowest BCUT2D eigenvalue weighted by Gasteiger charge is -2.36. The number of nitrogens with one attached hydrogen (secondary N) is 1. The van der Waals surface area contributed by atoms with Gasteiger partial charge in [-0.1, -0.05) is 0 Å². The molecule has 1 aliphatic heterocycles. The van der Waals surface area contributed by atoms with Crippen LogP contribution in [0.2, 0.25) is 0 Å². The van der Waals surface area contributed by atoms with Gasteiger partial charge in [0.25, 0.3) is 0 Å². The van der Waals surface area contributed by atoms with E-state index >= 15 is 0 Å². The predicted molar refractivity (Wildman–Crippen MR) is 81.2 cm³/mol. The standard InChI is InChI=1S/C13H13BrFN5O/c14-11-12(15)17-8-18-13(11)20-5-3-19(4-6-20)9-1-2-10(21)16-7-9/h1-2,7-8H,3-6H2,(H,16,21). The van der Waals surface area contributed by atoms with E-state index in [4.69, 9.17) is 0 Å². The SMILES string of the molecule is O=c1ccc(N2CCN(c3ncnc(F)c3Br)CC2)c[nH]1. The molecule has 1 fully saturated rings. The Morgan fingerprint density at radius 3 is 2.52 bits per heavy atom. The maximum absolute atomic E-state index is 13.4. The van der Waals surface area contributed by atoms with E-state index in [1.807, 2.05) is 4.90 Å². The van der Waals surface area contributed by atoms with Gasteiger partial charge < -0.3 is 14.8 Å². The van der Waals surface area contributed by atoms with Crippen molar-refractivity contribution in [2.24, 2.45) is 0 Å². The zero-order chi connectivity index (χ0) is 14.8. The quantitative estimate of drug-likeness (QED) is 0.826. The Balaban J connectivity index is 1.71. The summed E-state index contributed by atoms with van der Waals surface area (Å²) in [5, 5.41) is 0. The molecule has 21 heavy (non-hydrogen) atoms. The van der Waals surface area contributed by atoms with Crippen molar-refractivity contribution in [3.8, 4) is 0 Å². The van der Waals surface area contributed by atoms with Crippen LogP contribution in [-0.4, -0.2) is 41.1 Å². The Bertz CT molecular complexity index is 679. The number of anilines is 2. The van der Waals surface area contributed by atoms with Crippen molar-refractivity contribution in [3.63, 3.8) is 0 Å². The van der Waals surface area contributed by atoms with Gasteiger partial charge in [-0.3, -0.25) is 4.79 Å². The molecule has 0 bridgehead atoms. The number of aromatic amines is 1. The fourth-order valence-electron chi connectivity index (χ4n) is 2.34. The van der Waals surface area contributed by atoms with Crippen LogP contribution in [-0.2, 0) is 0 Å². The van der Waals surface area contributed by atoms with E-state index in [1.165, 1.54) is 12.4 Å². The van der Waals surface area contributed by atoms with Crippen molar-refractivity contribution in [2.45, 2.75) is 0 Å². The van der Waals surface area contributed by atoms with Gasteiger partial charge in [0.2, 0.25) is 11.5 Å². The van der Waals surface area contributed by atoms with Crippen molar-refractivity contribution in [1.29, 1.82) is 0 Å². The molecule has 2 aromatic rings. The van der Waals surface area contributed by atoms with E-state index in [-0.39, 0.29) is 5.56 Å². The van der Waals surface area contributed by atoms with Crippen LogP contribution >= 0.6 is 15.9 Å². The Morgan fingerprint density at radius 1 is 1.14 bits per heavy atom. The first-order valence-electron chi connectivity index (χ1n) is 6.50. The number of H-pyrrole nitrogens is 1. The van der Waals surface area contributed by atoms with Crippen LogP contribution in [0.1, 0.15) is 0 Å². The Hall–Kier alpha value is -1.96. The molecule has 3 rings (SSSR count). The van der Waals surface area contributed by atoms with Crippen molar-refractivity contribution in [3.05, 3.63) is 45.4 Å². The highest BCUT2D eigenvalue weighted by atomic mass is 79.9. The average Bonchev–Trinajstić information content (AvgIpc) is 2.51. The third-order valence-electron chi connectivity index (χ3n) is 3.44. The van der Waals surface area contributed by atoms with Crippen molar-refractivity contribution >= 4 is 27.4 Å². The molecule has 0 aliphatic carbocycles. The third kappa shape index (κ3) is 2.90. The molecule has 0 amide bonds. The minimum atomic E-state index is -0.553. The van der Waals surface area contributed by atoms with Crippen molar-refractivity contribution in [2.75, 3.05) is 36.0 Å². The highest BCUT2D eigenvalue weighted by Gasteiger charge is 2.21. The molecular weight excluding hydrogens is 341 g/mol. The van der Waals surface area contributed by atoms with Gasteiger partial charge >= 0.3 is 0 Å². The van der Waals surface area contributed by atoms with E-state index in [2.05, 4.69) is 35.8 Å². The number of halogens is 2. The van der Waals surface area contributed by atoms with E-state index in [0.717, 1.165) is 18.8 Å². The lowest BCUT2D eigenvalue weighted by atomic mass is 10.2. The predicted octanol–water partition coefficient (Wildman–Crippen LogP) is 1.39. The summed E-state index contributed by atoms with van der Waals surface area (Å²) in [6.45, 7) is 2.97. The summed E-state index contributed by atoms with van der Waals surface area (Å²) < 4.78 is 13.7. The summed E-state index contributed by atoms with van der Waals surface area (Å²) in [4.78, 5) is 25.6. The minimum absolute atomic E-state index is 0.113. The number of aromatic nitrogens is 3. The fraction of sp³-hybridized carbons (Fsp3) is 0.308. The summed E-state index contributed by atoms with van der Waals surface area (Å²) in [5.41, 5.74) is 0.861. The number of rotatable bonds is 2. The number of nitrogens with zero attached hydrogens (tertiary/aromatic N) is 4. The van der Waals surface area contributed by atoms with Crippen molar-refractivity contribution < 1.29 is 4.39 Å². The zero-order valence-electron chi connectivity index (χ0n) is 11.1. The molecule has 1 N–H and O–H groups in total. The second-order valence-electron chi connectivity index (χ2n) is 4.69. The summed E-state index contributed by atoms with van der Waals surface area (Å²) in [6, 6.07) is 3.31. The maximum atomic E-state index is 13.4. The van der Waals surface area contributed by atoms with Gasteiger partial charge in [-0.05, 0) is 22.0 Å². The molecule has 0 atom stereocenters. The van der Waals surface area contributed by atoms with Gasteiger partial charge in [0.05, 0.1) is 5.69 Å². The second kappa shape index (κ2) is 5.80. The maximum Gasteiger partial charge on any atom is 0.248 e. The molecule has 0 saturated carbocycles. The number of pyridine rings is 1. The highest BCUT2D eigenvalue weighted by molar-refractivity contribution is 9.10. The average molecular weight is 354 g/mol. The van der Waals surface area contributed by atoms with Gasteiger partial charge in [-0.15, -0.1) is 0 Å². The first-order valence-corrected chi connectivity index (χ1v) is 7.29. The Kier molecular flexibility index (Phi) is 3.87. The molecule has 0 spiro atoms. The van der Waals surface area contributed by atoms with E-state index in [0.29, 0.717) is 23.4 Å². The normalized spacial score (nSPS) is 15.3. The first kappa shape index (κ1) is 14.0. The van der Waals surface area contributed by atoms with Gasteiger partial charge in [0.15, 0.2) is 0 Å². The molecule has 2 aromatic heterocycles. The van der Waals surface area contributed by atoms with Crippen LogP contribution in [0.4, 0.5) is 15.9 Å². The number of piperazine rings is 1. The van der Waals surface area contributed by atoms with Crippen LogP contribution in [0.15, 0.2) is 33.9 Å². The first-order chi connectivity index (χ1) is 10.1. The highest BCUT2D eigenvalue weighted by Crippen LogP contribution is 2.26. The van der Waals surface area contributed by atoms with Gasteiger partial charge in [0, 0.05) is 38.4 Å². The topological polar surface area (TPSA) is 65.1 Å². The lowest BCUT2D eigenvalue weighted by Crippen LogP contribution is -2.47. The third-order valence-corrected chi connectivity index (χ3v) is 4.12. The van der Waals surface area contributed by atoms with Gasteiger partial charge in [-0.25, -0.2) is 9.97 Å². The van der Waals surface area contributed by atoms with Crippen LogP contribution < -0.4 is 15.4 Å². The molecular formula is C13H13BrFN5O. The summed E-state index contributed by atoms with van der Waals surface area (Å²) >= 11 is 3.19. The van der Waals surface area contributed by atoms with Crippen molar-refractivity contribution in [1.82, 2.24) is 15.0 Å². The van der Waals surface area contributed by atoms with Crippen LogP contribution in [0, 0.1) is 5.95 Å². The number of hydrogen-bond acceptors (Lipinski definition) is 5. The molecule has 0 unspecified atom stereocenters. The van der Waals surface area contributed by atoms with Crippen LogP contribution in [0.5, 0.6) is 0 Å².